The van der Waals surface area contributed by atoms with E-state index >= 15 is 0 Å². The Kier molecular flexibility index (Phi) is 48.5. The van der Waals surface area contributed by atoms with Crippen LogP contribution >= 0.6 is 0 Å². The van der Waals surface area contributed by atoms with Crippen molar-refractivity contribution in [2.45, 2.75) is 246 Å². The van der Waals surface area contributed by atoms with Crippen molar-refractivity contribution in [3.05, 3.63) is 0 Å². The van der Waals surface area contributed by atoms with Crippen LogP contribution in [-0.2, 0) is 29.2 Å². The van der Waals surface area contributed by atoms with E-state index < -0.39 is 20.8 Å². The van der Waals surface area contributed by atoms with Gasteiger partial charge in [0.25, 0.3) is 0 Å². The SMILES string of the molecule is CCCCCCCCCCCC(CCCCCCCC)COS(=O)(=O)[O-].CCCCCCCCCCCC(CCCCCCCC)COS(=O)(=O)[O-].[Ca+2]. The second-order valence-corrected chi connectivity index (χ2v) is 17.6. The Morgan fingerprint density at radius 3 is 0.679 bits per heavy atom. The predicted octanol–water partition coefficient (Wildman–Crippen LogP) is 13.1. The molecule has 0 saturated carbocycles. The molecule has 0 saturated heterocycles. The topological polar surface area (TPSA) is 133 Å². The molecule has 316 valence electrons. The summed E-state index contributed by atoms with van der Waals surface area (Å²) in [5, 5.41) is 0. The molecule has 2 unspecified atom stereocenters. The van der Waals surface area contributed by atoms with E-state index in [9.17, 15) is 25.9 Å². The normalized spacial score (nSPS) is 12.9. The minimum absolute atomic E-state index is 0. The third-order valence-corrected chi connectivity index (χ3v) is 11.1. The number of hydrogen-bond acceptors (Lipinski definition) is 8. The minimum atomic E-state index is -4.56. The van der Waals surface area contributed by atoms with E-state index in [0.29, 0.717) is 0 Å². The monoisotopic (exact) mass is 823 g/mol. The van der Waals surface area contributed by atoms with Crippen molar-refractivity contribution in [1.82, 2.24) is 0 Å². The second kappa shape index (κ2) is 44.1. The summed E-state index contributed by atoms with van der Waals surface area (Å²) >= 11 is 0. The molecule has 11 heteroatoms. The Balaban J connectivity index is -0.000000926. The van der Waals surface area contributed by atoms with Crippen molar-refractivity contribution in [2.75, 3.05) is 13.2 Å². The molecular weight excluding hydrogens is 737 g/mol. The van der Waals surface area contributed by atoms with E-state index in [0.717, 1.165) is 51.4 Å². The van der Waals surface area contributed by atoms with Gasteiger partial charge in [0, 0.05) is 0 Å². The van der Waals surface area contributed by atoms with Crippen molar-refractivity contribution in [1.29, 1.82) is 0 Å². The molecule has 0 aromatic carbocycles. The minimum Gasteiger partial charge on any atom is -0.726 e. The Morgan fingerprint density at radius 1 is 0.340 bits per heavy atom. The van der Waals surface area contributed by atoms with Crippen LogP contribution in [0.4, 0.5) is 0 Å². The van der Waals surface area contributed by atoms with E-state index in [2.05, 4.69) is 36.1 Å². The summed E-state index contributed by atoms with van der Waals surface area (Å²) in [5.74, 6) is 0.406. The molecule has 0 heterocycles. The summed E-state index contributed by atoms with van der Waals surface area (Å²) in [6.07, 6.45) is 41.7. The second-order valence-electron chi connectivity index (χ2n) is 15.5. The van der Waals surface area contributed by atoms with Gasteiger partial charge in [-0.05, 0) is 37.5 Å². The molecule has 8 nitrogen and oxygen atoms in total. The van der Waals surface area contributed by atoms with Crippen LogP contribution < -0.4 is 0 Å². The number of hydrogen-bond donors (Lipinski definition) is 0. The molecular formula is C42H86CaO8S2. The first kappa shape index (κ1) is 58.3. The first-order valence-electron chi connectivity index (χ1n) is 22.2. The molecule has 0 rings (SSSR count). The summed E-state index contributed by atoms with van der Waals surface area (Å²) in [7, 11) is -9.12. The fourth-order valence-corrected chi connectivity index (χ4v) is 7.61. The van der Waals surface area contributed by atoms with Crippen LogP contribution in [0.5, 0.6) is 0 Å². The van der Waals surface area contributed by atoms with Gasteiger partial charge in [-0.15, -0.1) is 0 Å². The van der Waals surface area contributed by atoms with Crippen LogP contribution in [0.15, 0.2) is 0 Å². The van der Waals surface area contributed by atoms with Gasteiger partial charge in [-0.1, -0.05) is 220 Å². The van der Waals surface area contributed by atoms with Crippen molar-refractivity contribution in [3.63, 3.8) is 0 Å². The molecule has 0 bridgehead atoms. The van der Waals surface area contributed by atoms with Gasteiger partial charge in [-0.3, -0.25) is 8.37 Å². The van der Waals surface area contributed by atoms with Crippen LogP contribution in [0.25, 0.3) is 0 Å². The molecule has 0 N–H and O–H groups in total. The largest absolute Gasteiger partial charge is 2.00 e. The predicted molar refractivity (Wildman–Crippen MR) is 224 cm³/mol. The van der Waals surface area contributed by atoms with Crippen LogP contribution in [-0.4, -0.2) is 76.9 Å². The molecule has 0 amide bonds. The molecule has 0 spiro atoms. The van der Waals surface area contributed by atoms with E-state index in [-0.39, 0.29) is 62.8 Å². The van der Waals surface area contributed by atoms with E-state index in [1.165, 1.54) is 167 Å². The maximum absolute atomic E-state index is 10.7. The van der Waals surface area contributed by atoms with Gasteiger partial charge in [-0.2, -0.15) is 0 Å². The summed E-state index contributed by atoms with van der Waals surface area (Å²) in [4.78, 5) is 0. The molecule has 0 aliphatic rings. The quantitative estimate of drug-likeness (QED) is 0.0258. The fraction of sp³-hybridized carbons (Fsp3) is 1.00. The van der Waals surface area contributed by atoms with Gasteiger partial charge in [-0.25, -0.2) is 16.8 Å². The molecule has 0 aromatic rings. The van der Waals surface area contributed by atoms with Crippen molar-refractivity contribution in [2.24, 2.45) is 11.8 Å². The van der Waals surface area contributed by atoms with Gasteiger partial charge < -0.3 is 9.11 Å². The third-order valence-electron chi connectivity index (χ3n) is 10.3. The molecule has 0 radical (unpaired) electrons. The van der Waals surface area contributed by atoms with Gasteiger partial charge in [0.15, 0.2) is 0 Å². The molecule has 0 fully saturated rings. The standard InChI is InChI=1S/2C21H44O4S.Ca/c2*1-3-5-7-9-11-12-13-15-17-19-21(20-25-26(22,23)24)18-16-14-10-8-6-4-2;/h2*21H,3-20H2,1-2H3,(H,22,23,24);/q;;+2/p-2. The van der Waals surface area contributed by atoms with Crippen molar-refractivity contribution in [3.8, 4) is 0 Å². The molecule has 0 aromatic heterocycles. The van der Waals surface area contributed by atoms with Crippen LogP contribution in [0.3, 0.4) is 0 Å². The van der Waals surface area contributed by atoms with Crippen LogP contribution in [0, 0.1) is 11.8 Å². The average Bonchev–Trinajstić information content (AvgIpc) is 3.09. The number of unbranched alkanes of at least 4 members (excludes halogenated alkanes) is 26. The average molecular weight is 823 g/mol. The van der Waals surface area contributed by atoms with E-state index in [4.69, 9.17) is 0 Å². The summed E-state index contributed by atoms with van der Waals surface area (Å²) in [6.45, 7) is 9.03. The molecule has 2 atom stereocenters. The molecule has 0 aliphatic heterocycles. The smallest absolute Gasteiger partial charge is 0.726 e. The summed E-state index contributed by atoms with van der Waals surface area (Å²) in [5.41, 5.74) is 0. The molecule has 0 aliphatic carbocycles. The van der Waals surface area contributed by atoms with Gasteiger partial charge in [0.1, 0.15) is 0 Å². The van der Waals surface area contributed by atoms with Crippen molar-refractivity contribution < 1.29 is 34.3 Å². The van der Waals surface area contributed by atoms with Gasteiger partial charge in [0.05, 0.1) is 13.2 Å². The maximum Gasteiger partial charge on any atom is 2.00 e. The van der Waals surface area contributed by atoms with Crippen LogP contribution in [0.1, 0.15) is 246 Å². The van der Waals surface area contributed by atoms with Crippen LogP contribution in [0.2, 0.25) is 0 Å². The Hall–Kier alpha value is 1.000. The first-order chi connectivity index (χ1) is 25.0. The first-order valence-corrected chi connectivity index (χ1v) is 24.9. The van der Waals surface area contributed by atoms with Crippen molar-refractivity contribution >= 4 is 58.5 Å². The van der Waals surface area contributed by atoms with E-state index in [1.54, 1.807) is 0 Å². The van der Waals surface area contributed by atoms with Gasteiger partial charge in [0.2, 0.25) is 20.8 Å². The fourth-order valence-electron chi connectivity index (χ4n) is 6.90. The Morgan fingerprint density at radius 2 is 0.509 bits per heavy atom. The third kappa shape index (κ3) is 53.0. The Labute approximate surface area is 361 Å². The summed E-state index contributed by atoms with van der Waals surface area (Å²) < 4.78 is 73.4. The summed E-state index contributed by atoms with van der Waals surface area (Å²) in [6, 6.07) is 0. The zero-order chi connectivity index (χ0) is 39.0. The van der Waals surface area contributed by atoms with Gasteiger partial charge >= 0.3 is 37.7 Å². The maximum atomic E-state index is 10.7. The number of rotatable bonds is 40. The Bertz CT molecular complexity index is 844. The molecule has 53 heavy (non-hydrogen) atoms. The zero-order valence-electron chi connectivity index (χ0n) is 35.4. The van der Waals surface area contributed by atoms with E-state index in [1.807, 2.05) is 0 Å². The zero-order valence-corrected chi connectivity index (χ0v) is 39.2.